The van der Waals surface area contributed by atoms with Gasteiger partial charge in [0.25, 0.3) is 0 Å². The molecule has 4 heterocycles. The predicted molar refractivity (Wildman–Crippen MR) is 349 cm³/mol. The number of carbonyl (C=O) groups excluding carboxylic acids is 4. The van der Waals surface area contributed by atoms with E-state index in [9.17, 15) is 85.3 Å². The number of fused-ring (bicyclic) bond motifs is 7. The smallest absolute Gasteiger partial charge is 0.338 e. The molecular weight excluding hydrogens is 1340 g/mol. The van der Waals surface area contributed by atoms with Gasteiger partial charge in [0, 0.05) is 6.92 Å². The van der Waals surface area contributed by atoms with Crippen LogP contribution >= 0.6 is 0 Å². The summed E-state index contributed by atoms with van der Waals surface area (Å²) in [4.78, 5) is 67.5. The van der Waals surface area contributed by atoms with Crippen molar-refractivity contribution >= 4 is 29.8 Å². The highest BCUT2D eigenvalue weighted by Gasteiger charge is 2.74. The van der Waals surface area contributed by atoms with E-state index in [1.165, 1.54) is 32.9 Å². The Morgan fingerprint density at radius 1 is 0.598 bits per heavy atom. The lowest BCUT2D eigenvalue weighted by Gasteiger charge is -2.72. The van der Waals surface area contributed by atoms with Crippen LogP contribution in [0, 0.1) is 56.2 Å². The Bertz CT molecular complexity index is 3340. The van der Waals surface area contributed by atoms with Gasteiger partial charge in [-0.3, -0.25) is 9.59 Å². The van der Waals surface area contributed by atoms with E-state index >= 15 is 0 Å². The van der Waals surface area contributed by atoms with Crippen LogP contribution in [0.4, 0.5) is 0 Å². The van der Waals surface area contributed by atoms with Crippen molar-refractivity contribution in [2.45, 2.75) is 255 Å². The van der Waals surface area contributed by atoms with Crippen LogP contribution < -0.4 is 0 Å². The predicted octanol–water partition coefficient (Wildman–Crippen LogP) is 1.59. The number of hydrogen-bond donors (Lipinski definition) is 12. The Morgan fingerprint density at radius 2 is 1.22 bits per heavy atom. The van der Waals surface area contributed by atoms with Crippen molar-refractivity contribution in [2.75, 3.05) is 26.4 Å². The summed E-state index contributed by atoms with van der Waals surface area (Å²) in [6.07, 6.45) is -33.5. The van der Waals surface area contributed by atoms with E-state index in [-0.39, 0.29) is 35.8 Å². The minimum Gasteiger partial charge on any atom is -0.479 e. The van der Waals surface area contributed by atoms with Gasteiger partial charge in [-0.2, -0.15) is 0 Å². The standard InChI is InChI=1S/C73H102O29/c1-33(34(2)93-62(89)36-17-13-11-14-18-36)61(88)98-54-42(95-63(90)37-19-15-12-16-20-37)31-92-65(53(54)85)102-58-59(94-35(3)76)73(32-75)39(27-68(58,4)5)38-21-22-44-70(8)25-24-46(69(6,7)43(70)23-26-71(44,9)72(38,10)28-45(73)78)97-67-57(101-66-51(83)49(81)48(80)41(29-74)96-66)55(52(84)56(100-67)60(86)87)99-64-50(82)47(79)40(77)30-91-64/h11-21,33-34,39-59,64-67,74-75,77-85H,22-32H2,1-10H3,(H,86,87). The molecule has 29 nitrogen and oxygen atoms in total. The Balaban J connectivity index is 0.859. The average molecular weight is 1440 g/mol. The minimum atomic E-state index is -2.15. The number of hydrogen-bond acceptors (Lipinski definition) is 28. The number of esters is 4. The van der Waals surface area contributed by atoms with Crippen LogP contribution in [0.2, 0.25) is 0 Å². The fourth-order valence-corrected chi connectivity index (χ4v) is 19.1. The van der Waals surface area contributed by atoms with E-state index < -0.39 is 242 Å². The van der Waals surface area contributed by atoms with Gasteiger partial charge in [0.2, 0.25) is 0 Å². The Morgan fingerprint density at radius 3 is 1.84 bits per heavy atom. The van der Waals surface area contributed by atoms with E-state index in [1.807, 2.05) is 27.7 Å². The molecule has 0 spiro atoms. The van der Waals surface area contributed by atoms with E-state index in [1.54, 1.807) is 48.5 Å². The normalized spacial score (nSPS) is 44.3. The molecule has 2 aromatic carbocycles. The van der Waals surface area contributed by atoms with Crippen molar-refractivity contribution in [3.05, 3.63) is 83.4 Å². The van der Waals surface area contributed by atoms with Crippen molar-refractivity contribution < 1.29 is 142 Å². The molecule has 31 unspecified atom stereocenters. The van der Waals surface area contributed by atoms with E-state index in [2.05, 4.69) is 26.8 Å². The molecule has 0 amide bonds. The topological polar surface area (TPSA) is 439 Å². The first-order valence-corrected chi connectivity index (χ1v) is 35.3. The number of benzene rings is 2. The van der Waals surface area contributed by atoms with Crippen molar-refractivity contribution in [1.82, 2.24) is 0 Å². The number of allylic oxidation sites excluding steroid dienone is 2. The third-order valence-corrected chi connectivity index (χ3v) is 25.1. The third kappa shape index (κ3) is 13.8. The molecule has 29 heteroatoms. The lowest BCUT2D eigenvalue weighted by atomic mass is 9.33. The lowest BCUT2D eigenvalue weighted by molar-refractivity contribution is -0.392. The molecule has 9 aliphatic rings. The molecular formula is C73H102O29. The SMILES string of the molecule is CC(=O)OC1C(OC2OCC(OC(=O)c3ccccc3)C(OC(=O)C(C)C(C)OC(=O)c3ccccc3)C2O)C(C)(C)CC2C3=CCC4C5(C)CCC(OC6OC(C(=O)O)C(O)C(OC7OCC(O)C(O)C7O)C6OC6OC(CO)C(O)C(O)C6O)C(C)(C)C5CCC4(C)C3(C)CC(O)C21CO. The van der Waals surface area contributed by atoms with Crippen LogP contribution in [-0.2, 0) is 71.2 Å². The summed E-state index contributed by atoms with van der Waals surface area (Å²) in [6.45, 7) is 16.1. The number of aliphatic hydroxyl groups is 11. The molecule has 568 valence electrons. The summed E-state index contributed by atoms with van der Waals surface area (Å²) < 4.78 is 73.7. The number of carboxylic acids is 1. The molecule has 4 saturated heterocycles. The number of carbonyl (C=O) groups is 5. The number of aliphatic hydroxyl groups excluding tert-OH is 11. The van der Waals surface area contributed by atoms with E-state index in [0.717, 1.165) is 5.57 Å². The largest absolute Gasteiger partial charge is 0.479 e. The Hall–Kier alpha value is -5.23. The molecule has 2 aromatic rings. The highest BCUT2D eigenvalue weighted by molar-refractivity contribution is 5.90. The third-order valence-electron chi connectivity index (χ3n) is 25.1. The zero-order chi connectivity index (χ0) is 74.2. The molecule has 0 radical (unpaired) electrons. The van der Waals surface area contributed by atoms with Gasteiger partial charge in [0.1, 0.15) is 85.5 Å². The maximum absolute atomic E-state index is 14.2. The highest BCUT2D eigenvalue weighted by atomic mass is 16.8. The zero-order valence-electron chi connectivity index (χ0n) is 59.0. The fourth-order valence-electron chi connectivity index (χ4n) is 19.1. The van der Waals surface area contributed by atoms with Gasteiger partial charge in [0.05, 0.1) is 61.1 Å². The molecule has 8 fully saturated rings. The summed E-state index contributed by atoms with van der Waals surface area (Å²) in [5.41, 5.74) is -3.90. The van der Waals surface area contributed by atoms with Gasteiger partial charge in [-0.25, -0.2) is 14.4 Å². The van der Waals surface area contributed by atoms with Gasteiger partial charge in [-0.05, 0) is 128 Å². The molecule has 4 saturated carbocycles. The molecule has 0 aromatic heterocycles. The summed E-state index contributed by atoms with van der Waals surface area (Å²) in [7, 11) is 0. The van der Waals surface area contributed by atoms with Gasteiger partial charge in [-0.15, -0.1) is 0 Å². The maximum Gasteiger partial charge on any atom is 0.338 e. The molecule has 11 rings (SSSR count). The van der Waals surface area contributed by atoms with Gasteiger partial charge in [0.15, 0.2) is 43.5 Å². The quantitative estimate of drug-likeness (QED) is 0.0411. The van der Waals surface area contributed by atoms with Crippen molar-refractivity contribution in [2.24, 2.45) is 56.2 Å². The summed E-state index contributed by atoms with van der Waals surface area (Å²) in [5.74, 6) is -6.84. The second-order valence-electron chi connectivity index (χ2n) is 31.7. The molecule has 5 aliphatic carbocycles. The zero-order valence-corrected chi connectivity index (χ0v) is 59.0. The number of aliphatic carboxylic acids is 1. The monoisotopic (exact) mass is 1440 g/mol. The fraction of sp³-hybridized carbons (Fsp3) is 0.740. The molecule has 102 heavy (non-hydrogen) atoms. The molecule has 12 N–H and O–H groups in total. The van der Waals surface area contributed by atoms with Crippen LogP contribution in [-0.4, -0.2) is 259 Å². The van der Waals surface area contributed by atoms with Gasteiger partial charge in [-0.1, -0.05) is 96.5 Å². The first kappa shape index (κ1) is 77.9. The van der Waals surface area contributed by atoms with Crippen LogP contribution in [0.3, 0.4) is 0 Å². The lowest BCUT2D eigenvalue weighted by Crippen LogP contribution is -2.73. The maximum atomic E-state index is 14.2. The number of ether oxygens (including phenoxy) is 12. The van der Waals surface area contributed by atoms with Crippen LogP contribution in [0.1, 0.15) is 135 Å². The Kier molecular flexibility index (Phi) is 22.8. The van der Waals surface area contributed by atoms with E-state index in [0.29, 0.717) is 32.1 Å². The Labute approximate surface area is 591 Å². The first-order chi connectivity index (χ1) is 48.0. The van der Waals surface area contributed by atoms with Crippen molar-refractivity contribution in [3.63, 3.8) is 0 Å². The summed E-state index contributed by atoms with van der Waals surface area (Å²) in [6, 6.07) is 16.2. The highest BCUT2D eigenvalue weighted by Crippen LogP contribution is 2.76. The van der Waals surface area contributed by atoms with E-state index in [4.69, 9.17) is 56.8 Å². The molecule has 31 atom stereocenters. The summed E-state index contributed by atoms with van der Waals surface area (Å²) in [5, 5.41) is 135. The van der Waals surface area contributed by atoms with Crippen molar-refractivity contribution in [3.8, 4) is 0 Å². The van der Waals surface area contributed by atoms with Crippen LogP contribution in [0.5, 0.6) is 0 Å². The average Bonchev–Trinajstić information content (AvgIpc) is 0.668. The van der Waals surface area contributed by atoms with Crippen molar-refractivity contribution in [1.29, 1.82) is 0 Å². The van der Waals surface area contributed by atoms with Gasteiger partial charge >= 0.3 is 29.8 Å². The summed E-state index contributed by atoms with van der Waals surface area (Å²) >= 11 is 0. The van der Waals surface area contributed by atoms with Crippen LogP contribution in [0.15, 0.2) is 72.3 Å². The molecule has 0 bridgehead atoms. The second-order valence-corrected chi connectivity index (χ2v) is 31.7. The minimum absolute atomic E-state index is 0.0740. The first-order valence-electron chi connectivity index (χ1n) is 35.3. The molecule has 4 aliphatic heterocycles. The second kappa shape index (κ2) is 29.8. The number of carboxylic acid groups (broad SMARTS) is 1. The van der Waals surface area contributed by atoms with Gasteiger partial charge < -0.3 is 118 Å². The van der Waals surface area contributed by atoms with Crippen LogP contribution in [0.25, 0.3) is 0 Å². The number of rotatable bonds is 19.